The molecule has 0 fully saturated rings. The lowest BCUT2D eigenvalue weighted by Gasteiger charge is -2.23. The number of esters is 1. The van der Waals surface area contributed by atoms with Crippen molar-refractivity contribution < 1.29 is 19.1 Å². The van der Waals surface area contributed by atoms with Crippen molar-refractivity contribution in [2.24, 2.45) is 0 Å². The Labute approximate surface area is 186 Å². The molecule has 32 heavy (non-hydrogen) atoms. The van der Waals surface area contributed by atoms with Gasteiger partial charge in [-0.2, -0.15) is 0 Å². The summed E-state index contributed by atoms with van der Waals surface area (Å²) >= 11 is 0. The molecule has 3 aromatic carbocycles. The Morgan fingerprint density at radius 3 is 1.72 bits per heavy atom. The second-order valence-corrected chi connectivity index (χ2v) is 7.68. The molecule has 4 nitrogen and oxygen atoms in total. The van der Waals surface area contributed by atoms with E-state index in [1.807, 2.05) is 91.9 Å². The monoisotopic (exact) mass is 420 g/mol. The molecular weight excluding hydrogens is 400 g/mol. The Balaban J connectivity index is 1.88. The minimum Gasteiger partial charge on any atom is -0.492 e. The van der Waals surface area contributed by atoms with Gasteiger partial charge in [0.1, 0.15) is 0 Å². The van der Waals surface area contributed by atoms with Gasteiger partial charge in [-0.1, -0.05) is 90.5 Å². The van der Waals surface area contributed by atoms with Crippen LogP contribution in [0.25, 0.3) is 16.7 Å². The van der Waals surface area contributed by atoms with Gasteiger partial charge in [-0.25, -0.2) is 4.79 Å². The van der Waals surface area contributed by atoms with Crippen LogP contribution in [0.1, 0.15) is 22.3 Å². The number of ketones is 1. The highest BCUT2D eigenvalue weighted by Gasteiger charge is 2.43. The van der Waals surface area contributed by atoms with E-state index in [1.54, 1.807) is 0 Å². The van der Waals surface area contributed by atoms with Crippen LogP contribution in [0.5, 0.6) is 0 Å². The fraction of sp³-hybridized carbons (Fsp3) is 0.0714. The number of hydrogen-bond acceptors (Lipinski definition) is 4. The average molecular weight is 420 g/mol. The Bertz CT molecular complexity index is 1330. The van der Waals surface area contributed by atoms with E-state index in [1.165, 1.54) is 7.11 Å². The molecular formula is C28H20O4. The van der Waals surface area contributed by atoms with Crippen molar-refractivity contribution in [3.8, 4) is 0 Å². The summed E-state index contributed by atoms with van der Waals surface area (Å²) in [6.45, 7) is 1.99. The molecule has 1 heterocycles. The number of rotatable bonds is 4. The molecule has 0 N–H and O–H groups in total. The van der Waals surface area contributed by atoms with Crippen LogP contribution in [0, 0.1) is 6.92 Å². The Kier molecular flexibility index (Phi) is 4.83. The number of ether oxygens (including phenoxy) is 2. The zero-order chi connectivity index (χ0) is 22.2. The Morgan fingerprint density at radius 2 is 1.16 bits per heavy atom. The van der Waals surface area contributed by atoms with Crippen LogP contribution in [0.2, 0.25) is 0 Å². The summed E-state index contributed by atoms with van der Waals surface area (Å²) in [7, 11) is 1.48. The van der Waals surface area contributed by atoms with E-state index in [4.69, 9.17) is 9.47 Å². The molecule has 0 atom stereocenters. The van der Waals surface area contributed by atoms with Crippen LogP contribution in [-0.2, 0) is 19.1 Å². The zero-order valence-corrected chi connectivity index (χ0v) is 17.7. The van der Waals surface area contributed by atoms with Gasteiger partial charge in [0, 0.05) is 11.1 Å². The maximum absolute atomic E-state index is 13.6. The van der Waals surface area contributed by atoms with Crippen LogP contribution < -0.4 is 0 Å². The predicted octanol–water partition coefficient (Wildman–Crippen LogP) is 5.36. The van der Waals surface area contributed by atoms with E-state index < -0.39 is 5.97 Å². The van der Waals surface area contributed by atoms with Gasteiger partial charge in [-0.15, -0.1) is 0 Å². The molecule has 5 rings (SSSR count). The smallest absolute Gasteiger partial charge is 0.344 e. The van der Waals surface area contributed by atoms with Crippen LogP contribution >= 0.6 is 0 Å². The third-order valence-corrected chi connectivity index (χ3v) is 5.68. The van der Waals surface area contributed by atoms with Gasteiger partial charge < -0.3 is 9.47 Å². The molecule has 0 unspecified atom stereocenters. The number of fused-ring (bicyclic) bond motifs is 1. The standard InChI is InChI=1S/C28H20O4/c1-17-13-15-20(16-14-17)22-24-21(18-9-5-3-6-10-18)27(31-2)25(29)23(26(24)32-28(22)30)19-11-7-4-8-12-19/h3-16H,1-2H3. The van der Waals surface area contributed by atoms with Crippen molar-refractivity contribution in [2.75, 3.05) is 7.11 Å². The lowest BCUT2D eigenvalue weighted by atomic mass is 9.81. The summed E-state index contributed by atoms with van der Waals surface area (Å²) in [4.78, 5) is 26.8. The van der Waals surface area contributed by atoms with E-state index in [-0.39, 0.29) is 17.3 Å². The van der Waals surface area contributed by atoms with Gasteiger partial charge in [-0.05, 0) is 23.6 Å². The van der Waals surface area contributed by atoms with Crippen molar-refractivity contribution in [2.45, 2.75) is 6.92 Å². The second kappa shape index (κ2) is 7.82. The molecule has 0 spiro atoms. The van der Waals surface area contributed by atoms with Crippen LogP contribution in [-0.4, -0.2) is 18.9 Å². The number of Topliss-reactive ketones (excluding diaryl/α,β-unsaturated/α-hetero) is 1. The number of allylic oxidation sites excluding steroid dienone is 2. The minimum atomic E-state index is -0.481. The van der Waals surface area contributed by atoms with E-state index in [0.29, 0.717) is 27.9 Å². The van der Waals surface area contributed by atoms with E-state index in [9.17, 15) is 9.59 Å². The summed E-state index contributed by atoms with van der Waals surface area (Å²) in [6.07, 6.45) is 0. The van der Waals surface area contributed by atoms with Crippen molar-refractivity contribution in [1.29, 1.82) is 0 Å². The van der Waals surface area contributed by atoms with Gasteiger partial charge in [0.25, 0.3) is 0 Å². The molecule has 0 saturated carbocycles. The van der Waals surface area contributed by atoms with Crippen molar-refractivity contribution in [3.05, 3.63) is 124 Å². The number of aryl methyl sites for hydroxylation is 1. The third kappa shape index (κ3) is 3.08. The first-order valence-corrected chi connectivity index (χ1v) is 10.3. The highest BCUT2D eigenvalue weighted by Crippen LogP contribution is 2.49. The average Bonchev–Trinajstić information content (AvgIpc) is 3.16. The largest absolute Gasteiger partial charge is 0.492 e. The number of benzene rings is 3. The molecule has 4 heteroatoms. The first-order chi connectivity index (χ1) is 15.6. The van der Waals surface area contributed by atoms with Gasteiger partial charge >= 0.3 is 5.97 Å². The van der Waals surface area contributed by atoms with E-state index in [2.05, 4.69) is 0 Å². The number of carbonyl (C=O) groups excluding carboxylic acids is 2. The summed E-state index contributed by atoms with van der Waals surface area (Å²) in [5, 5.41) is 0. The molecule has 0 amide bonds. The lowest BCUT2D eigenvalue weighted by molar-refractivity contribution is -0.131. The molecule has 0 radical (unpaired) electrons. The molecule has 1 aliphatic heterocycles. The Morgan fingerprint density at radius 1 is 0.625 bits per heavy atom. The molecule has 1 aliphatic carbocycles. The molecule has 2 aliphatic rings. The minimum absolute atomic E-state index is 0.191. The quantitative estimate of drug-likeness (QED) is 0.534. The molecule has 0 aromatic heterocycles. The molecule has 3 aromatic rings. The number of hydrogen-bond donors (Lipinski definition) is 0. The van der Waals surface area contributed by atoms with Crippen molar-refractivity contribution >= 4 is 28.5 Å². The first kappa shape index (κ1) is 19.8. The topological polar surface area (TPSA) is 52.6 Å². The fourth-order valence-corrected chi connectivity index (χ4v) is 4.19. The number of carbonyl (C=O) groups is 2. The van der Waals surface area contributed by atoms with Crippen molar-refractivity contribution in [3.63, 3.8) is 0 Å². The lowest BCUT2D eigenvalue weighted by Crippen LogP contribution is -2.18. The van der Waals surface area contributed by atoms with Crippen LogP contribution in [0.3, 0.4) is 0 Å². The maximum atomic E-state index is 13.6. The Hall–Kier alpha value is -4.18. The van der Waals surface area contributed by atoms with Crippen LogP contribution in [0.4, 0.5) is 0 Å². The van der Waals surface area contributed by atoms with Crippen LogP contribution in [0.15, 0.2) is 102 Å². The first-order valence-electron chi connectivity index (χ1n) is 10.3. The maximum Gasteiger partial charge on any atom is 0.344 e. The van der Waals surface area contributed by atoms with Gasteiger partial charge in [0.2, 0.25) is 5.78 Å². The van der Waals surface area contributed by atoms with Crippen molar-refractivity contribution in [1.82, 2.24) is 0 Å². The molecule has 0 saturated heterocycles. The fourth-order valence-electron chi connectivity index (χ4n) is 4.19. The summed E-state index contributed by atoms with van der Waals surface area (Å²) < 4.78 is 11.5. The van der Waals surface area contributed by atoms with E-state index >= 15 is 0 Å². The number of methoxy groups -OCH3 is 1. The summed E-state index contributed by atoms with van der Waals surface area (Å²) in [5.41, 5.74) is 5.17. The summed E-state index contributed by atoms with van der Waals surface area (Å²) in [5.74, 6) is -0.321. The van der Waals surface area contributed by atoms with Gasteiger partial charge in [-0.3, -0.25) is 4.79 Å². The van der Waals surface area contributed by atoms with E-state index in [0.717, 1.165) is 16.7 Å². The molecule has 156 valence electrons. The predicted molar refractivity (Wildman–Crippen MR) is 123 cm³/mol. The van der Waals surface area contributed by atoms with Gasteiger partial charge in [0.05, 0.1) is 18.3 Å². The third-order valence-electron chi connectivity index (χ3n) is 5.68. The zero-order valence-electron chi connectivity index (χ0n) is 17.7. The SMILES string of the molecule is COC1=C(c2ccccc2)C2=C(c3ccc(C)cc3)C(=O)OC2=C(c2ccccc2)C1=O. The normalized spacial score (nSPS) is 15.8. The highest BCUT2D eigenvalue weighted by atomic mass is 16.5. The molecule has 0 bridgehead atoms. The van der Waals surface area contributed by atoms with Gasteiger partial charge in [0.15, 0.2) is 11.5 Å². The second-order valence-electron chi connectivity index (χ2n) is 7.68. The highest BCUT2D eigenvalue weighted by molar-refractivity contribution is 6.38. The summed E-state index contributed by atoms with van der Waals surface area (Å²) in [6, 6.07) is 26.4.